The van der Waals surface area contributed by atoms with Crippen molar-refractivity contribution < 1.29 is 4.79 Å². The van der Waals surface area contributed by atoms with E-state index >= 15 is 0 Å². The summed E-state index contributed by atoms with van der Waals surface area (Å²) in [5.74, 6) is 0.849. The van der Waals surface area contributed by atoms with Crippen molar-refractivity contribution in [3.63, 3.8) is 0 Å². The molecule has 1 aromatic carbocycles. The molecule has 5 nitrogen and oxygen atoms in total. The molecule has 2 aliphatic heterocycles. The van der Waals surface area contributed by atoms with Crippen molar-refractivity contribution >= 4 is 49.1 Å². The summed E-state index contributed by atoms with van der Waals surface area (Å²) in [6.45, 7) is 3.32. The van der Waals surface area contributed by atoms with Gasteiger partial charge in [-0.3, -0.25) is 14.2 Å². The number of thiophene rings is 1. The predicted molar refractivity (Wildman–Crippen MR) is 120 cm³/mol. The molecule has 1 amide bonds. The van der Waals surface area contributed by atoms with Gasteiger partial charge in [0, 0.05) is 29.7 Å². The van der Waals surface area contributed by atoms with Crippen molar-refractivity contribution in [2.45, 2.75) is 52.0 Å². The molecule has 0 unspecified atom stereocenters. The van der Waals surface area contributed by atoms with Crippen LogP contribution in [-0.4, -0.2) is 22.0 Å². The molecule has 0 bridgehead atoms. The normalized spacial score (nSPS) is 16.4. The van der Waals surface area contributed by atoms with Crippen molar-refractivity contribution in [2.24, 2.45) is 0 Å². The number of aromatic nitrogens is 2. The summed E-state index contributed by atoms with van der Waals surface area (Å²) in [5.41, 5.74) is 2.95. The summed E-state index contributed by atoms with van der Waals surface area (Å²) in [6, 6.07) is 6.08. The molecule has 0 aliphatic carbocycles. The Morgan fingerprint density at radius 1 is 1.14 bits per heavy atom. The Balaban J connectivity index is 1.62. The standard InChI is InChI=1S/C22H22BrN3O2S/c1-13-18-20(24-17-7-3-2-4-10-26(17)21(18)27)29-19(13)22(28)25-11-5-6-14-12-15(23)8-9-16(14)25/h8-9,12H,2-7,10-11H2,1H3. The Morgan fingerprint density at radius 3 is 2.86 bits per heavy atom. The van der Waals surface area contributed by atoms with Crippen LogP contribution in [0.3, 0.4) is 0 Å². The third-order valence-corrected chi connectivity index (χ3v) is 7.68. The molecule has 0 N–H and O–H groups in total. The fourth-order valence-electron chi connectivity index (χ4n) is 4.51. The number of anilines is 1. The predicted octanol–water partition coefficient (Wildman–Crippen LogP) is 4.85. The largest absolute Gasteiger partial charge is 0.307 e. The summed E-state index contributed by atoms with van der Waals surface area (Å²) in [6.07, 6.45) is 5.95. The van der Waals surface area contributed by atoms with E-state index in [4.69, 9.17) is 4.98 Å². The first-order valence-corrected chi connectivity index (χ1v) is 11.8. The molecule has 150 valence electrons. The van der Waals surface area contributed by atoms with Gasteiger partial charge in [-0.25, -0.2) is 4.98 Å². The van der Waals surface area contributed by atoms with E-state index < -0.39 is 0 Å². The Kier molecular flexibility index (Phi) is 4.82. The molecule has 0 radical (unpaired) electrons. The SMILES string of the molecule is Cc1c(C(=O)N2CCCc3cc(Br)ccc32)sc2nc3n(c(=O)c12)CCCCC3. The Bertz CT molecular complexity index is 1200. The van der Waals surface area contributed by atoms with E-state index in [0.29, 0.717) is 21.6 Å². The zero-order valence-electron chi connectivity index (χ0n) is 16.3. The summed E-state index contributed by atoms with van der Waals surface area (Å²) < 4.78 is 2.86. The third kappa shape index (κ3) is 3.15. The van der Waals surface area contributed by atoms with Gasteiger partial charge in [0.05, 0.1) is 10.3 Å². The fourth-order valence-corrected chi connectivity index (χ4v) is 6.06. The second-order valence-corrected chi connectivity index (χ2v) is 9.78. The van der Waals surface area contributed by atoms with Gasteiger partial charge in [-0.2, -0.15) is 0 Å². The summed E-state index contributed by atoms with van der Waals surface area (Å²) in [4.78, 5) is 34.7. The van der Waals surface area contributed by atoms with Crippen LogP contribution in [0.2, 0.25) is 0 Å². The molecular formula is C22H22BrN3O2S. The minimum absolute atomic E-state index is 0.0164. The van der Waals surface area contributed by atoms with Gasteiger partial charge in [-0.1, -0.05) is 22.4 Å². The molecule has 0 saturated heterocycles. The Hall–Kier alpha value is -1.99. The van der Waals surface area contributed by atoms with E-state index in [0.717, 1.165) is 66.6 Å². The average molecular weight is 472 g/mol. The van der Waals surface area contributed by atoms with Crippen LogP contribution in [0.25, 0.3) is 10.2 Å². The minimum atomic E-state index is -0.0200. The number of halogens is 1. The smallest absolute Gasteiger partial charge is 0.268 e. The molecule has 0 atom stereocenters. The second kappa shape index (κ2) is 7.36. The number of nitrogens with zero attached hydrogens (tertiary/aromatic N) is 3. The van der Waals surface area contributed by atoms with Crippen LogP contribution < -0.4 is 10.5 Å². The van der Waals surface area contributed by atoms with Crippen molar-refractivity contribution in [3.05, 3.63) is 54.9 Å². The summed E-state index contributed by atoms with van der Waals surface area (Å²) in [7, 11) is 0. The number of carbonyl (C=O) groups is 1. The van der Waals surface area contributed by atoms with Crippen LogP contribution in [0, 0.1) is 6.92 Å². The maximum Gasteiger partial charge on any atom is 0.268 e. The highest BCUT2D eigenvalue weighted by atomic mass is 79.9. The number of hydrogen-bond donors (Lipinski definition) is 0. The lowest BCUT2D eigenvalue weighted by Gasteiger charge is -2.29. The van der Waals surface area contributed by atoms with Crippen molar-refractivity contribution in [1.29, 1.82) is 0 Å². The van der Waals surface area contributed by atoms with Gasteiger partial charge in [0.25, 0.3) is 11.5 Å². The van der Waals surface area contributed by atoms with E-state index in [1.807, 2.05) is 28.5 Å². The molecule has 7 heteroatoms. The number of fused-ring (bicyclic) bond motifs is 3. The van der Waals surface area contributed by atoms with Gasteiger partial charge >= 0.3 is 0 Å². The third-order valence-electron chi connectivity index (χ3n) is 6.01. The quantitative estimate of drug-likeness (QED) is 0.509. The highest BCUT2D eigenvalue weighted by molar-refractivity contribution is 9.10. The fraction of sp³-hybridized carbons (Fsp3) is 0.409. The van der Waals surface area contributed by atoms with Crippen LogP contribution in [0.4, 0.5) is 5.69 Å². The molecule has 29 heavy (non-hydrogen) atoms. The van der Waals surface area contributed by atoms with Gasteiger partial charge in [-0.05, 0) is 61.9 Å². The highest BCUT2D eigenvalue weighted by Gasteiger charge is 2.28. The van der Waals surface area contributed by atoms with Gasteiger partial charge in [-0.15, -0.1) is 11.3 Å². The van der Waals surface area contributed by atoms with Gasteiger partial charge in [0.15, 0.2) is 0 Å². The lowest BCUT2D eigenvalue weighted by atomic mass is 10.0. The molecule has 0 saturated carbocycles. The molecule has 0 fully saturated rings. The van der Waals surface area contributed by atoms with E-state index in [9.17, 15) is 9.59 Å². The van der Waals surface area contributed by atoms with Crippen LogP contribution in [-0.2, 0) is 19.4 Å². The first-order valence-electron chi connectivity index (χ1n) is 10.2. The molecule has 2 aliphatic rings. The van der Waals surface area contributed by atoms with Gasteiger partial charge < -0.3 is 4.90 Å². The zero-order valence-corrected chi connectivity index (χ0v) is 18.7. The average Bonchev–Trinajstić information content (AvgIpc) is 2.88. The maximum atomic E-state index is 13.5. The molecular weight excluding hydrogens is 450 g/mol. The molecule has 0 spiro atoms. The van der Waals surface area contributed by atoms with E-state index in [2.05, 4.69) is 22.0 Å². The Morgan fingerprint density at radius 2 is 2.00 bits per heavy atom. The van der Waals surface area contributed by atoms with Crippen molar-refractivity contribution in [1.82, 2.24) is 9.55 Å². The number of rotatable bonds is 1. The monoisotopic (exact) mass is 471 g/mol. The molecule has 4 heterocycles. The van der Waals surface area contributed by atoms with E-state index in [1.54, 1.807) is 0 Å². The molecule has 2 aromatic heterocycles. The first-order chi connectivity index (χ1) is 14.0. The lowest BCUT2D eigenvalue weighted by Crippen LogP contribution is -2.35. The maximum absolute atomic E-state index is 13.5. The number of aryl methyl sites for hydroxylation is 3. The zero-order chi connectivity index (χ0) is 20.1. The Labute approximate surface area is 181 Å². The molecule has 3 aromatic rings. The van der Waals surface area contributed by atoms with E-state index in [-0.39, 0.29) is 11.5 Å². The number of hydrogen-bond acceptors (Lipinski definition) is 4. The van der Waals surface area contributed by atoms with Gasteiger partial charge in [0.2, 0.25) is 0 Å². The topological polar surface area (TPSA) is 55.2 Å². The van der Waals surface area contributed by atoms with Crippen molar-refractivity contribution in [2.75, 3.05) is 11.4 Å². The van der Waals surface area contributed by atoms with Crippen LogP contribution in [0.5, 0.6) is 0 Å². The van der Waals surface area contributed by atoms with Crippen LogP contribution in [0.15, 0.2) is 27.5 Å². The lowest BCUT2D eigenvalue weighted by molar-refractivity contribution is 0.0988. The van der Waals surface area contributed by atoms with Crippen LogP contribution >= 0.6 is 27.3 Å². The number of amides is 1. The second-order valence-electron chi connectivity index (χ2n) is 7.87. The minimum Gasteiger partial charge on any atom is -0.307 e. The highest BCUT2D eigenvalue weighted by Crippen LogP contribution is 2.34. The van der Waals surface area contributed by atoms with Gasteiger partial charge in [0.1, 0.15) is 10.7 Å². The number of carbonyl (C=O) groups excluding carboxylic acids is 1. The first kappa shape index (κ1) is 19.0. The summed E-state index contributed by atoms with van der Waals surface area (Å²) >= 11 is 4.90. The van der Waals surface area contributed by atoms with E-state index in [1.165, 1.54) is 16.9 Å². The summed E-state index contributed by atoms with van der Waals surface area (Å²) in [5, 5.41) is 0.622. The van der Waals surface area contributed by atoms with Crippen molar-refractivity contribution in [3.8, 4) is 0 Å². The number of benzene rings is 1. The van der Waals surface area contributed by atoms with Crippen LogP contribution in [0.1, 0.15) is 52.3 Å². The molecule has 5 rings (SSSR count).